The molecule has 0 bridgehead atoms. The Morgan fingerprint density at radius 2 is 2.15 bits per heavy atom. The molecule has 0 aromatic carbocycles. The van der Waals surface area contributed by atoms with Gasteiger partial charge in [-0.25, -0.2) is 0 Å². The molecule has 0 saturated carbocycles. The Morgan fingerprint density at radius 3 is 2.85 bits per heavy atom. The number of halogens is 1. The zero-order chi connectivity index (χ0) is 9.15. The van der Waals surface area contributed by atoms with E-state index in [1.165, 1.54) is 0 Å². The van der Waals surface area contributed by atoms with Crippen LogP contribution in [0.5, 0.6) is 0 Å². The maximum Gasteiger partial charge on any atom is 0.115 e. The van der Waals surface area contributed by atoms with Gasteiger partial charge in [-0.15, -0.1) is 0 Å². The highest BCUT2D eigenvalue weighted by molar-refractivity contribution is 9.09. The van der Waals surface area contributed by atoms with E-state index in [-0.39, 0.29) is 11.7 Å². The van der Waals surface area contributed by atoms with Crippen molar-refractivity contribution in [2.45, 2.75) is 24.5 Å². The first-order valence-corrected chi connectivity index (χ1v) is 5.86. The lowest BCUT2D eigenvalue weighted by Gasteiger charge is -2.42. The summed E-state index contributed by atoms with van der Waals surface area (Å²) in [5.74, 6) is 0. The Bertz CT molecular complexity index is 163. The Morgan fingerprint density at radius 1 is 1.31 bits per heavy atom. The van der Waals surface area contributed by atoms with Crippen molar-refractivity contribution in [2.75, 3.05) is 31.8 Å². The van der Waals surface area contributed by atoms with Gasteiger partial charge in [0, 0.05) is 11.9 Å². The van der Waals surface area contributed by atoms with Crippen LogP contribution in [0.3, 0.4) is 0 Å². The molecule has 2 rings (SSSR count). The van der Waals surface area contributed by atoms with Crippen molar-refractivity contribution in [3.63, 3.8) is 0 Å². The molecule has 2 aliphatic rings. The van der Waals surface area contributed by atoms with Gasteiger partial charge in [-0.3, -0.25) is 0 Å². The van der Waals surface area contributed by atoms with Gasteiger partial charge in [0.2, 0.25) is 0 Å². The molecule has 2 atom stereocenters. The second-order valence-electron chi connectivity index (χ2n) is 3.75. The Labute approximate surface area is 86.9 Å². The van der Waals surface area contributed by atoms with Crippen LogP contribution in [0.25, 0.3) is 0 Å². The highest BCUT2D eigenvalue weighted by Gasteiger charge is 2.39. The van der Waals surface area contributed by atoms with E-state index in [1.54, 1.807) is 0 Å². The van der Waals surface area contributed by atoms with Gasteiger partial charge in [0.15, 0.2) is 0 Å². The van der Waals surface area contributed by atoms with Gasteiger partial charge in [0.25, 0.3) is 0 Å². The summed E-state index contributed by atoms with van der Waals surface area (Å²) in [5.41, 5.74) is -0.144. The molecule has 13 heavy (non-hydrogen) atoms. The van der Waals surface area contributed by atoms with Crippen molar-refractivity contribution in [1.82, 2.24) is 0 Å². The second-order valence-corrected chi connectivity index (χ2v) is 4.40. The molecular formula is C9H15BrO3. The average molecular weight is 251 g/mol. The van der Waals surface area contributed by atoms with Gasteiger partial charge in [-0.1, -0.05) is 15.9 Å². The van der Waals surface area contributed by atoms with E-state index < -0.39 is 0 Å². The molecule has 0 aliphatic carbocycles. The minimum atomic E-state index is -0.144. The summed E-state index contributed by atoms with van der Waals surface area (Å²) in [6, 6.07) is 0. The summed E-state index contributed by atoms with van der Waals surface area (Å²) in [7, 11) is 0. The minimum Gasteiger partial charge on any atom is -0.378 e. The van der Waals surface area contributed by atoms with Gasteiger partial charge in [0.1, 0.15) is 5.60 Å². The molecule has 76 valence electrons. The topological polar surface area (TPSA) is 27.7 Å². The lowest BCUT2D eigenvalue weighted by molar-refractivity contribution is -0.228. The van der Waals surface area contributed by atoms with Crippen molar-refractivity contribution in [2.24, 2.45) is 0 Å². The zero-order valence-electron chi connectivity index (χ0n) is 7.63. The normalized spacial score (nSPS) is 40.8. The maximum absolute atomic E-state index is 5.97. The molecule has 0 N–H and O–H groups in total. The minimum absolute atomic E-state index is 0.144. The highest BCUT2D eigenvalue weighted by Crippen LogP contribution is 2.29. The van der Waals surface area contributed by atoms with E-state index in [0.717, 1.165) is 24.8 Å². The van der Waals surface area contributed by atoms with Gasteiger partial charge < -0.3 is 14.2 Å². The largest absolute Gasteiger partial charge is 0.378 e. The highest BCUT2D eigenvalue weighted by atomic mass is 79.9. The van der Waals surface area contributed by atoms with Crippen molar-refractivity contribution >= 4 is 15.9 Å². The molecule has 2 heterocycles. The van der Waals surface area contributed by atoms with Crippen LogP contribution in [0.1, 0.15) is 12.8 Å². The summed E-state index contributed by atoms with van der Waals surface area (Å²) in [6.07, 6.45) is 2.34. The van der Waals surface area contributed by atoms with Crippen LogP contribution in [0.2, 0.25) is 0 Å². The van der Waals surface area contributed by atoms with Crippen LogP contribution in [0.15, 0.2) is 0 Å². The number of ether oxygens (including phenoxy) is 3. The fourth-order valence-corrected chi connectivity index (χ4v) is 2.23. The first kappa shape index (κ1) is 9.90. The smallest absolute Gasteiger partial charge is 0.115 e. The molecule has 2 aliphatic heterocycles. The van der Waals surface area contributed by atoms with Crippen LogP contribution >= 0.6 is 15.9 Å². The Kier molecular flexibility index (Phi) is 3.24. The molecule has 1 spiro atoms. The molecule has 0 radical (unpaired) electrons. The average Bonchev–Trinajstić information content (AvgIpc) is 2.19. The predicted octanol–water partition coefficient (Wildman–Crippen LogP) is 1.35. The number of hydrogen-bond donors (Lipinski definition) is 0. The van der Waals surface area contributed by atoms with E-state index in [4.69, 9.17) is 14.2 Å². The van der Waals surface area contributed by atoms with Gasteiger partial charge in [-0.2, -0.15) is 0 Å². The lowest BCUT2D eigenvalue weighted by atomic mass is 9.96. The van der Waals surface area contributed by atoms with E-state index in [0.29, 0.717) is 19.8 Å². The lowest BCUT2D eigenvalue weighted by Crippen LogP contribution is -2.53. The molecule has 4 heteroatoms. The summed E-state index contributed by atoms with van der Waals surface area (Å²) >= 11 is 3.42. The third-order valence-corrected chi connectivity index (χ3v) is 3.27. The standard InChI is InChI=1S/C9H15BrO3/c10-4-8-5-12-7-9(13-8)2-1-3-11-6-9/h8H,1-7H2. The molecule has 0 aromatic rings. The van der Waals surface area contributed by atoms with E-state index in [1.807, 2.05) is 0 Å². The number of alkyl halides is 1. The van der Waals surface area contributed by atoms with Crippen LogP contribution in [0, 0.1) is 0 Å². The van der Waals surface area contributed by atoms with Crippen LogP contribution < -0.4 is 0 Å². The monoisotopic (exact) mass is 250 g/mol. The summed E-state index contributed by atoms with van der Waals surface area (Å²) in [5, 5.41) is 0.842. The molecule has 0 amide bonds. The molecule has 3 nitrogen and oxygen atoms in total. The van der Waals surface area contributed by atoms with Gasteiger partial charge in [0.05, 0.1) is 25.9 Å². The van der Waals surface area contributed by atoms with Crippen molar-refractivity contribution < 1.29 is 14.2 Å². The third-order valence-electron chi connectivity index (χ3n) is 2.54. The van der Waals surface area contributed by atoms with Crippen LogP contribution in [-0.2, 0) is 14.2 Å². The fourth-order valence-electron chi connectivity index (χ4n) is 1.91. The quantitative estimate of drug-likeness (QED) is 0.658. The first-order chi connectivity index (χ1) is 6.35. The van der Waals surface area contributed by atoms with Crippen molar-refractivity contribution in [3.8, 4) is 0 Å². The maximum atomic E-state index is 5.97. The van der Waals surface area contributed by atoms with Crippen LogP contribution in [0.4, 0.5) is 0 Å². The second kappa shape index (κ2) is 4.26. The van der Waals surface area contributed by atoms with Crippen LogP contribution in [-0.4, -0.2) is 43.5 Å². The number of rotatable bonds is 1. The third kappa shape index (κ3) is 2.24. The molecule has 2 unspecified atom stereocenters. The zero-order valence-corrected chi connectivity index (χ0v) is 9.22. The van der Waals surface area contributed by atoms with E-state index in [2.05, 4.69) is 15.9 Å². The van der Waals surface area contributed by atoms with E-state index in [9.17, 15) is 0 Å². The molecule has 2 saturated heterocycles. The first-order valence-electron chi connectivity index (χ1n) is 4.74. The predicted molar refractivity (Wildman–Crippen MR) is 52.3 cm³/mol. The SMILES string of the molecule is BrCC1COCC2(CCCOC2)O1. The summed E-state index contributed by atoms with van der Waals surface area (Å²) in [4.78, 5) is 0. The number of hydrogen-bond acceptors (Lipinski definition) is 3. The van der Waals surface area contributed by atoms with Gasteiger partial charge >= 0.3 is 0 Å². The molecular weight excluding hydrogens is 236 g/mol. The molecule has 0 aromatic heterocycles. The molecule has 2 fully saturated rings. The summed E-state index contributed by atoms with van der Waals surface area (Å²) in [6.45, 7) is 2.95. The van der Waals surface area contributed by atoms with Gasteiger partial charge in [-0.05, 0) is 12.8 Å². The van der Waals surface area contributed by atoms with Crippen molar-refractivity contribution in [3.05, 3.63) is 0 Å². The Hall–Kier alpha value is 0.360. The van der Waals surface area contributed by atoms with E-state index >= 15 is 0 Å². The fraction of sp³-hybridized carbons (Fsp3) is 1.00. The van der Waals surface area contributed by atoms with Crippen molar-refractivity contribution in [1.29, 1.82) is 0 Å². The Balaban J connectivity index is 1.95. The summed E-state index contributed by atoms with van der Waals surface area (Å²) < 4.78 is 16.9.